The maximum Gasteiger partial charge on any atom is 0.0699 e. The molecule has 0 heterocycles. The minimum atomic E-state index is -0.0390. The molecule has 0 amide bonds. The minimum Gasteiger partial charge on any atom is -0.392 e. The Morgan fingerprint density at radius 1 is 1.33 bits per heavy atom. The average molecular weight is 205 g/mol. The van der Waals surface area contributed by atoms with Crippen LogP contribution in [-0.2, 0) is 6.61 Å². The van der Waals surface area contributed by atoms with Gasteiger partial charge in [-0.25, -0.2) is 0 Å². The van der Waals surface area contributed by atoms with Crippen molar-refractivity contribution in [2.45, 2.75) is 20.5 Å². The lowest BCUT2D eigenvalue weighted by atomic mass is 10.1. The van der Waals surface area contributed by atoms with Gasteiger partial charge in [0.25, 0.3) is 0 Å². The molecule has 1 aromatic carbocycles. The number of rotatable bonds is 1. The van der Waals surface area contributed by atoms with Gasteiger partial charge in [-0.15, -0.1) is 0 Å². The van der Waals surface area contributed by atoms with E-state index in [0.29, 0.717) is 10.0 Å². The lowest BCUT2D eigenvalue weighted by molar-refractivity contribution is 0.281. The quantitative estimate of drug-likeness (QED) is 0.746. The summed E-state index contributed by atoms with van der Waals surface area (Å²) in [6.45, 7) is 3.68. The zero-order chi connectivity index (χ0) is 9.30. The van der Waals surface area contributed by atoms with Gasteiger partial charge in [0.1, 0.15) is 0 Å². The molecule has 0 radical (unpaired) electrons. The SMILES string of the molecule is Cc1cc(Cl)c(C)c(Cl)c1CO. The molecule has 0 atom stereocenters. The van der Waals surface area contributed by atoms with Gasteiger partial charge in [-0.3, -0.25) is 0 Å². The highest BCUT2D eigenvalue weighted by Gasteiger charge is 2.09. The predicted octanol–water partition coefficient (Wildman–Crippen LogP) is 3.10. The molecular formula is C9H10Cl2O. The van der Waals surface area contributed by atoms with Crippen LogP contribution in [0.5, 0.6) is 0 Å². The van der Waals surface area contributed by atoms with Crippen molar-refractivity contribution >= 4 is 23.2 Å². The van der Waals surface area contributed by atoms with Crippen LogP contribution in [0.2, 0.25) is 10.0 Å². The number of aliphatic hydroxyl groups is 1. The van der Waals surface area contributed by atoms with Crippen molar-refractivity contribution in [3.8, 4) is 0 Å². The molecule has 0 saturated heterocycles. The highest BCUT2D eigenvalue weighted by Crippen LogP contribution is 2.29. The van der Waals surface area contributed by atoms with Crippen LogP contribution in [0.15, 0.2) is 6.07 Å². The topological polar surface area (TPSA) is 20.2 Å². The lowest BCUT2D eigenvalue weighted by Gasteiger charge is -2.09. The maximum atomic E-state index is 8.99. The van der Waals surface area contributed by atoms with E-state index < -0.39 is 0 Å². The van der Waals surface area contributed by atoms with E-state index >= 15 is 0 Å². The minimum absolute atomic E-state index is 0.0390. The predicted molar refractivity (Wildman–Crippen MR) is 51.9 cm³/mol. The van der Waals surface area contributed by atoms with Crippen LogP contribution >= 0.6 is 23.2 Å². The summed E-state index contributed by atoms with van der Waals surface area (Å²) in [5.41, 5.74) is 2.52. The summed E-state index contributed by atoms with van der Waals surface area (Å²) in [7, 11) is 0. The molecule has 0 aliphatic heterocycles. The zero-order valence-corrected chi connectivity index (χ0v) is 8.50. The van der Waals surface area contributed by atoms with E-state index in [1.807, 2.05) is 19.9 Å². The Hall–Kier alpha value is -0.240. The average Bonchev–Trinajstić information content (AvgIpc) is 2.01. The Kier molecular flexibility index (Phi) is 2.99. The molecule has 1 rings (SSSR count). The van der Waals surface area contributed by atoms with Crippen molar-refractivity contribution in [3.05, 3.63) is 32.8 Å². The highest BCUT2D eigenvalue weighted by molar-refractivity contribution is 6.36. The molecule has 0 aliphatic carbocycles. The van der Waals surface area contributed by atoms with Gasteiger partial charge < -0.3 is 5.11 Å². The third-order valence-electron chi connectivity index (χ3n) is 1.93. The fourth-order valence-corrected chi connectivity index (χ4v) is 1.70. The van der Waals surface area contributed by atoms with E-state index in [1.165, 1.54) is 0 Å². The smallest absolute Gasteiger partial charge is 0.0699 e. The number of benzene rings is 1. The lowest BCUT2D eigenvalue weighted by Crippen LogP contribution is -1.93. The largest absolute Gasteiger partial charge is 0.392 e. The Morgan fingerprint density at radius 3 is 2.42 bits per heavy atom. The molecule has 0 aromatic heterocycles. The Morgan fingerprint density at radius 2 is 1.92 bits per heavy atom. The normalized spacial score (nSPS) is 10.4. The monoisotopic (exact) mass is 204 g/mol. The molecule has 1 N–H and O–H groups in total. The van der Waals surface area contributed by atoms with E-state index in [2.05, 4.69) is 0 Å². The summed E-state index contributed by atoms with van der Waals surface area (Å²) in [5.74, 6) is 0. The Balaban J connectivity index is 3.40. The first-order valence-corrected chi connectivity index (χ1v) is 4.38. The van der Waals surface area contributed by atoms with Crippen LogP contribution in [0.3, 0.4) is 0 Å². The van der Waals surface area contributed by atoms with Crippen LogP contribution < -0.4 is 0 Å². The number of hydrogen-bond acceptors (Lipinski definition) is 1. The van der Waals surface area contributed by atoms with Crippen LogP contribution in [0, 0.1) is 13.8 Å². The first-order valence-electron chi connectivity index (χ1n) is 3.63. The van der Waals surface area contributed by atoms with Crippen molar-refractivity contribution in [1.29, 1.82) is 0 Å². The number of hydrogen-bond donors (Lipinski definition) is 1. The first-order chi connectivity index (χ1) is 5.57. The second-order valence-electron chi connectivity index (χ2n) is 2.75. The Labute approximate surface area is 81.9 Å². The summed E-state index contributed by atoms with van der Waals surface area (Å²) < 4.78 is 0. The summed E-state index contributed by atoms with van der Waals surface area (Å²) in [6, 6.07) is 1.81. The van der Waals surface area contributed by atoms with Gasteiger partial charge in [-0.2, -0.15) is 0 Å². The van der Waals surface area contributed by atoms with Gasteiger partial charge in [-0.1, -0.05) is 23.2 Å². The van der Waals surface area contributed by atoms with Crippen molar-refractivity contribution in [3.63, 3.8) is 0 Å². The van der Waals surface area contributed by atoms with Gasteiger partial charge in [-0.05, 0) is 36.6 Å². The summed E-state index contributed by atoms with van der Waals surface area (Å²) in [6.07, 6.45) is 0. The number of aryl methyl sites for hydroxylation is 1. The third-order valence-corrected chi connectivity index (χ3v) is 2.83. The van der Waals surface area contributed by atoms with Gasteiger partial charge in [0.15, 0.2) is 0 Å². The van der Waals surface area contributed by atoms with Crippen molar-refractivity contribution in [2.75, 3.05) is 0 Å². The molecule has 66 valence electrons. The van der Waals surface area contributed by atoms with Gasteiger partial charge in [0.2, 0.25) is 0 Å². The zero-order valence-electron chi connectivity index (χ0n) is 6.99. The molecule has 0 fully saturated rings. The summed E-state index contributed by atoms with van der Waals surface area (Å²) in [4.78, 5) is 0. The van der Waals surface area contributed by atoms with Crippen LogP contribution in [-0.4, -0.2) is 5.11 Å². The second kappa shape index (κ2) is 3.65. The third kappa shape index (κ3) is 1.58. The number of halogens is 2. The highest BCUT2D eigenvalue weighted by atomic mass is 35.5. The van der Waals surface area contributed by atoms with E-state index in [0.717, 1.165) is 16.7 Å². The molecule has 0 unspecified atom stereocenters. The van der Waals surface area contributed by atoms with Gasteiger partial charge >= 0.3 is 0 Å². The van der Waals surface area contributed by atoms with E-state index in [4.69, 9.17) is 28.3 Å². The van der Waals surface area contributed by atoms with Gasteiger partial charge in [0.05, 0.1) is 11.6 Å². The standard InChI is InChI=1S/C9H10Cl2O/c1-5-3-8(10)6(2)9(11)7(5)4-12/h3,12H,4H2,1-2H3. The molecule has 0 spiro atoms. The van der Waals surface area contributed by atoms with E-state index in [9.17, 15) is 0 Å². The van der Waals surface area contributed by atoms with Crippen molar-refractivity contribution in [2.24, 2.45) is 0 Å². The van der Waals surface area contributed by atoms with Gasteiger partial charge in [0, 0.05) is 5.02 Å². The van der Waals surface area contributed by atoms with E-state index in [1.54, 1.807) is 0 Å². The second-order valence-corrected chi connectivity index (χ2v) is 3.54. The van der Waals surface area contributed by atoms with E-state index in [-0.39, 0.29) is 6.61 Å². The summed E-state index contributed by atoms with van der Waals surface area (Å²) >= 11 is 11.8. The number of aliphatic hydroxyl groups excluding tert-OH is 1. The van der Waals surface area contributed by atoms with Crippen LogP contribution in [0.1, 0.15) is 16.7 Å². The Bertz CT molecular complexity index is 308. The fraction of sp³-hybridized carbons (Fsp3) is 0.333. The van der Waals surface area contributed by atoms with Crippen LogP contribution in [0.4, 0.5) is 0 Å². The molecule has 1 aromatic rings. The van der Waals surface area contributed by atoms with Crippen LogP contribution in [0.25, 0.3) is 0 Å². The fourth-order valence-electron chi connectivity index (χ4n) is 1.08. The van der Waals surface area contributed by atoms with Crippen molar-refractivity contribution < 1.29 is 5.11 Å². The molecule has 12 heavy (non-hydrogen) atoms. The summed E-state index contributed by atoms with van der Waals surface area (Å²) in [5, 5.41) is 10.2. The molecule has 3 heteroatoms. The molecular weight excluding hydrogens is 195 g/mol. The molecule has 0 aliphatic rings. The maximum absolute atomic E-state index is 8.99. The van der Waals surface area contributed by atoms with Crippen molar-refractivity contribution in [1.82, 2.24) is 0 Å². The first kappa shape index (κ1) is 9.85. The molecule has 0 saturated carbocycles. The molecule has 1 nitrogen and oxygen atoms in total. The molecule has 0 bridgehead atoms.